The summed E-state index contributed by atoms with van der Waals surface area (Å²) in [4.78, 5) is 39.0. The van der Waals surface area contributed by atoms with Gasteiger partial charge in [0, 0.05) is 18.0 Å². The Bertz CT molecular complexity index is 1180. The highest BCUT2D eigenvalue weighted by molar-refractivity contribution is 7.17. The summed E-state index contributed by atoms with van der Waals surface area (Å²) in [6.45, 7) is 2.05. The maximum absolute atomic E-state index is 12.9. The number of amides is 1. The molecule has 0 aliphatic rings. The zero-order valence-electron chi connectivity index (χ0n) is 14.7. The number of nitrogens with zero attached hydrogens (tertiary/aromatic N) is 3. The number of rotatable bonds is 4. The number of thiazole rings is 1. The van der Waals surface area contributed by atoms with Gasteiger partial charge in [-0.25, -0.2) is 9.97 Å². The van der Waals surface area contributed by atoms with E-state index in [1.165, 1.54) is 11.3 Å². The van der Waals surface area contributed by atoms with Crippen LogP contribution in [0.5, 0.6) is 0 Å². The first-order chi connectivity index (χ1) is 13.0. The number of hydrogen-bond acceptors (Lipinski definition) is 6. The smallest absolute Gasteiger partial charge is 0.266 e. The summed E-state index contributed by atoms with van der Waals surface area (Å²) in [5.74, 6) is 0.317. The van der Waals surface area contributed by atoms with Crippen LogP contribution in [0.3, 0.4) is 0 Å². The Hall–Kier alpha value is -2.84. The van der Waals surface area contributed by atoms with E-state index in [9.17, 15) is 9.59 Å². The molecule has 8 heteroatoms. The second-order valence-corrected chi connectivity index (χ2v) is 7.92. The Labute approximate surface area is 163 Å². The molecule has 4 rings (SSSR count). The van der Waals surface area contributed by atoms with Gasteiger partial charge in [0.1, 0.15) is 15.7 Å². The van der Waals surface area contributed by atoms with Crippen LogP contribution in [-0.4, -0.2) is 32.8 Å². The van der Waals surface area contributed by atoms with Crippen LogP contribution < -0.4 is 5.56 Å². The van der Waals surface area contributed by atoms with Crippen molar-refractivity contribution >= 4 is 39.5 Å². The number of aryl methyl sites for hydroxylation is 1. The highest BCUT2D eigenvalue weighted by Crippen LogP contribution is 2.30. The van der Waals surface area contributed by atoms with Crippen molar-refractivity contribution in [1.82, 2.24) is 19.9 Å². The number of para-hydroxylation sites is 1. The number of carbonyl (C=O) groups is 1. The van der Waals surface area contributed by atoms with E-state index in [0.717, 1.165) is 10.6 Å². The molecule has 0 spiro atoms. The predicted octanol–water partition coefficient (Wildman–Crippen LogP) is 3.69. The molecule has 1 amide bonds. The summed E-state index contributed by atoms with van der Waals surface area (Å²) in [7, 11) is 1.70. The van der Waals surface area contributed by atoms with E-state index in [2.05, 4.69) is 15.0 Å². The van der Waals surface area contributed by atoms with E-state index in [4.69, 9.17) is 0 Å². The fourth-order valence-corrected chi connectivity index (χ4v) is 4.56. The number of fused-ring (bicyclic) bond motifs is 1. The quantitative estimate of drug-likeness (QED) is 0.571. The molecule has 0 aliphatic carbocycles. The highest BCUT2D eigenvalue weighted by Gasteiger charge is 2.20. The molecule has 0 aliphatic heterocycles. The Kier molecular flexibility index (Phi) is 4.59. The van der Waals surface area contributed by atoms with Crippen molar-refractivity contribution in [3.05, 3.63) is 67.8 Å². The number of aromatic nitrogens is 3. The van der Waals surface area contributed by atoms with Crippen LogP contribution in [0.15, 0.2) is 45.9 Å². The third-order valence-corrected chi connectivity index (χ3v) is 6.03. The van der Waals surface area contributed by atoms with Gasteiger partial charge >= 0.3 is 0 Å². The molecule has 0 bridgehead atoms. The van der Waals surface area contributed by atoms with E-state index >= 15 is 0 Å². The number of hydrogen-bond donors (Lipinski definition) is 1. The number of thiophene rings is 1. The van der Waals surface area contributed by atoms with Gasteiger partial charge in [-0.1, -0.05) is 12.1 Å². The number of H-pyrrole nitrogens is 1. The lowest BCUT2D eigenvalue weighted by atomic mass is 10.2. The predicted molar refractivity (Wildman–Crippen MR) is 108 cm³/mol. The normalized spacial score (nSPS) is 11.0. The Morgan fingerprint density at radius 1 is 1.22 bits per heavy atom. The molecular formula is C19H16N4O2S2. The first-order valence-electron chi connectivity index (χ1n) is 8.26. The summed E-state index contributed by atoms with van der Waals surface area (Å²) < 4.78 is 0. The van der Waals surface area contributed by atoms with Gasteiger partial charge in [-0.15, -0.1) is 11.3 Å². The molecule has 0 saturated heterocycles. The third kappa shape index (κ3) is 3.41. The van der Waals surface area contributed by atoms with Crippen molar-refractivity contribution in [2.24, 2.45) is 0 Å². The summed E-state index contributed by atoms with van der Waals surface area (Å²) in [5.41, 5.74) is 2.14. The van der Waals surface area contributed by atoms with Gasteiger partial charge < -0.3 is 9.88 Å². The fourth-order valence-electron chi connectivity index (χ4n) is 2.78. The average Bonchev–Trinajstić information content (AvgIpc) is 3.30. The molecule has 27 heavy (non-hydrogen) atoms. The Morgan fingerprint density at radius 2 is 2.04 bits per heavy atom. The molecule has 1 aromatic carbocycles. The monoisotopic (exact) mass is 396 g/mol. The van der Waals surface area contributed by atoms with E-state index in [-0.39, 0.29) is 18.0 Å². The van der Waals surface area contributed by atoms with E-state index in [1.54, 1.807) is 41.5 Å². The zero-order chi connectivity index (χ0) is 19.0. The van der Waals surface area contributed by atoms with Crippen LogP contribution in [0.1, 0.15) is 21.2 Å². The van der Waals surface area contributed by atoms with Gasteiger partial charge in [-0.2, -0.15) is 11.3 Å². The van der Waals surface area contributed by atoms with E-state index in [0.29, 0.717) is 27.3 Å². The van der Waals surface area contributed by atoms with Crippen LogP contribution in [0.4, 0.5) is 0 Å². The van der Waals surface area contributed by atoms with Crippen LogP contribution in [0.25, 0.3) is 21.5 Å². The van der Waals surface area contributed by atoms with Gasteiger partial charge in [-0.05, 0) is 30.5 Å². The lowest BCUT2D eigenvalue weighted by Gasteiger charge is -2.16. The van der Waals surface area contributed by atoms with E-state index in [1.807, 2.05) is 29.8 Å². The van der Waals surface area contributed by atoms with Gasteiger partial charge in [0.2, 0.25) is 0 Å². The molecule has 1 N–H and O–H groups in total. The Balaban J connectivity index is 1.59. The molecule has 3 aromatic heterocycles. The summed E-state index contributed by atoms with van der Waals surface area (Å²) in [6.07, 6.45) is 0. The number of aromatic amines is 1. The minimum atomic E-state index is -0.204. The first-order valence-corrected chi connectivity index (χ1v) is 10.0. The van der Waals surface area contributed by atoms with Crippen LogP contribution in [-0.2, 0) is 6.54 Å². The maximum atomic E-state index is 12.9. The maximum Gasteiger partial charge on any atom is 0.266 e. The topological polar surface area (TPSA) is 79.0 Å². The number of nitrogens with one attached hydrogen (secondary N) is 1. The standard InChI is InChI=1S/C19H16N4O2S2/c1-11-16(27-18(20-11)12-7-8-26-10-12)19(25)23(2)9-15-21-14-6-4-3-5-13(14)17(24)22-15/h3-8,10H,9H2,1-2H3,(H,21,22,24). The molecular weight excluding hydrogens is 380 g/mol. The van der Waals surface area contributed by atoms with E-state index < -0.39 is 0 Å². The molecule has 0 fully saturated rings. The molecule has 3 heterocycles. The molecule has 0 saturated carbocycles. The van der Waals surface area contributed by atoms with Crippen molar-refractivity contribution < 1.29 is 4.79 Å². The molecule has 4 aromatic rings. The molecule has 0 radical (unpaired) electrons. The molecule has 0 atom stereocenters. The van der Waals surface area contributed by atoms with Crippen molar-refractivity contribution in [1.29, 1.82) is 0 Å². The van der Waals surface area contributed by atoms with Crippen molar-refractivity contribution in [3.63, 3.8) is 0 Å². The van der Waals surface area contributed by atoms with Gasteiger partial charge in [0.25, 0.3) is 11.5 Å². The van der Waals surface area contributed by atoms with Gasteiger partial charge in [0.05, 0.1) is 23.1 Å². The third-order valence-electron chi connectivity index (χ3n) is 4.15. The van der Waals surface area contributed by atoms with Crippen LogP contribution in [0, 0.1) is 6.92 Å². The lowest BCUT2D eigenvalue weighted by Crippen LogP contribution is -2.28. The summed E-state index contributed by atoms with van der Waals surface area (Å²) >= 11 is 2.98. The SMILES string of the molecule is Cc1nc(-c2ccsc2)sc1C(=O)N(C)Cc1nc2ccccc2c(=O)[nH]1. The first kappa shape index (κ1) is 17.6. The average molecular weight is 396 g/mol. The van der Waals surface area contributed by atoms with Crippen molar-refractivity contribution in [2.75, 3.05) is 7.05 Å². The summed E-state index contributed by atoms with van der Waals surface area (Å²) in [5, 5.41) is 5.37. The molecule has 136 valence electrons. The van der Waals surface area contributed by atoms with Crippen LogP contribution >= 0.6 is 22.7 Å². The minimum absolute atomic E-state index is 0.137. The fraction of sp³-hybridized carbons (Fsp3) is 0.158. The molecule has 0 unspecified atom stereocenters. The number of carbonyl (C=O) groups excluding carboxylic acids is 1. The second kappa shape index (κ2) is 7.05. The van der Waals surface area contributed by atoms with Gasteiger partial charge in [0.15, 0.2) is 0 Å². The summed E-state index contributed by atoms with van der Waals surface area (Å²) in [6, 6.07) is 9.14. The Morgan fingerprint density at radius 3 is 2.81 bits per heavy atom. The van der Waals surface area contributed by atoms with Crippen molar-refractivity contribution in [3.8, 4) is 10.6 Å². The molecule has 6 nitrogen and oxygen atoms in total. The van der Waals surface area contributed by atoms with Crippen molar-refractivity contribution in [2.45, 2.75) is 13.5 Å². The highest BCUT2D eigenvalue weighted by atomic mass is 32.1. The largest absolute Gasteiger partial charge is 0.333 e. The second-order valence-electron chi connectivity index (χ2n) is 6.14. The van der Waals surface area contributed by atoms with Gasteiger partial charge in [-0.3, -0.25) is 9.59 Å². The lowest BCUT2D eigenvalue weighted by molar-refractivity contribution is 0.0785. The number of benzene rings is 1. The zero-order valence-corrected chi connectivity index (χ0v) is 16.4. The van der Waals surface area contributed by atoms with Crippen LogP contribution in [0.2, 0.25) is 0 Å². The minimum Gasteiger partial charge on any atom is -0.333 e.